The number of fused-ring (bicyclic) bond motifs is 2. The molecule has 0 atom stereocenters. The Labute approximate surface area is 191 Å². The average molecular weight is 474 g/mol. The van der Waals surface area contributed by atoms with E-state index in [0.717, 1.165) is 5.69 Å². The van der Waals surface area contributed by atoms with Gasteiger partial charge in [0.05, 0.1) is 11.2 Å². The molecule has 166 valence electrons. The summed E-state index contributed by atoms with van der Waals surface area (Å²) >= 11 is 7.38. The van der Waals surface area contributed by atoms with Crippen molar-refractivity contribution >= 4 is 44.9 Å². The zero-order chi connectivity index (χ0) is 22.2. The summed E-state index contributed by atoms with van der Waals surface area (Å²) in [6.07, 6.45) is 1.93. The molecule has 1 aliphatic rings. The predicted molar refractivity (Wildman–Crippen MR) is 121 cm³/mol. The molecule has 3 aromatic heterocycles. The van der Waals surface area contributed by atoms with Crippen molar-refractivity contribution in [2.24, 2.45) is 0 Å². The number of hydrogen-bond acceptors (Lipinski definition) is 7. The lowest BCUT2D eigenvalue weighted by Gasteiger charge is -2.34. The molecule has 0 aliphatic carbocycles. The van der Waals surface area contributed by atoms with Crippen LogP contribution in [0.3, 0.4) is 0 Å². The van der Waals surface area contributed by atoms with E-state index in [0.29, 0.717) is 53.8 Å². The largest absolute Gasteiger partial charge is 0.419 e. The number of thiazole rings is 1. The van der Waals surface area contributed by atoms with Crippen LogP contribution in [-0.2, 0) is 17.9 Å². The van der Waals surface area contributed by atoms with Crippen LogP contribution in [0.4, 0.5) is 0 Å². The van der Waals surface area contributed by atoms with Crippen LogP contribution < -0.4 is 11.3 Å². The molecule has 32 heavy (non-hydrogen) atoms. The topological polar surface area (TPSA) is 93.1 Å². The summed E-state index contributed by atoms with van der Waals surface area (Å²) in [5.41, 5.74) is 1.70. The fourth-order valence-corrected chi connectivity index (χ4v) is 4.87. The van der Waals surface area contributed by atoms with Crippen LogP contribution in [0.25, 0.3) is 16.1 Å². The van der Waals surface area contributed by atoms with Crippen molar-refractivity contribution in [3.8, 4) is 0 Å². The molecule has 0 bridgehead atoms. The van der Waals surface area contributed by atoms with Crippen molar-refractivity contribution in [1.82, 2.24) is 23.8 Å². The molecule has 0 spiro atoms. The molecule has 5 rings (SSSR count). The van der Waals surface area contributed by atoms with Gasteiger partial charge >= 0.3 is 5.76 Å². The van der Waals surface area contributed by atoms with Gasteiger partial charge in [-0.25, -0.2) is 9.78 Å². The summed E-state index contributed by atoms with van der Waals surface area (Å²) in [7, 11) is 0. The lowest BCUT2D eigenvalue weighted by molar-refractivity contribution is -0.133. The molecule has 1 saturated heterocycles. The minimum atomic E-state index is -0.494. The number of aromatic nitrogens is 3. The molecule has 1 aromatic carbocycles. The van der Waals surface area contributed by atoms with Crippen molar-refractivity contribution in [2.75, 3.05) is 26.2 Å². The lowest BCUT2D eigenvalue weighted by Crippen LogP contribution is -2.48. The summed E-state index contributed by atoms with van der Waals surface area (Å²) < 4.78 is 8.22. The normalized spacial score (nSPS) is 15.1. The number of nitrogens with zero attached hydrogens (tertiary/aromatic N) is 5. The first-order valence-electron chi connectivity index (χ1n) is 10.2. The van der Waals surface area contributed by atoms with Gasteiger partial charge in [-0.15, -0.1) is 11.3 Å². The first kappa shape index (κ1) is 20.9. The highest BCUT2D eigenvalue weighted by Crippen LogP contribution is 2.19. The number of benzene rings is 1. The number of carbonyl (C=O) groups excluding carboxylic acids is 1. The van der Waals surface area contributed by atoms with E-state index >= 15 is 0 Å². The minimum Gasteiger partial charge on any atom is -0.408 e. The van der Waals surface area contributed by atoms with Crippen molar-refractivity contribution in [3.05, 3.63) is 67.5 Å². The number of piperazine rings is 1. The molecule has 0 unspecified atom stereocenters. The Hall–Kier alpha value is -2.95. The second-order valence-electron chi connectivity index (χ2n) is 7.68. The number of aryl methyl sites for hydroxylation is 1. The van der Waals surface area contributed by atoms with E-state index in [1.54, 1.807) is 30.5 Å². The van der Waals surface area contributed by atoms with Crippen molar-refractivity contribution in [2.45, 2.75) is 19.5 Å². The third kappa shape index (κ3) is 4.08. The van der Waals surface area contributed by atoms with Crippen LogP contribution in [0.1, 0.15) is 12.1 Å². The van der Waals surface area contributed by atoms with Crippen molar-refractivity contribution in [1.29, 1.82) is 0 Å². The number of amides is 1. The Kier molecular flexibility index (Phi) is 5.58. The second kappa shape index (κ2) is 8.53. The monoisotopic (exact) mass is 473 g/mol. The fourth-order valence-electron chi connectivity index (χ4n) is 3.97. The van der Waals surface area contributed by atoms with Gasteiger partial charge in [-0.3, -0.25) is 23.5 Å². The van der Waals surface area contributed by atoms with Gasteiger partial charge in [0.15, 0.2) is 10.5 Å². The molecule has 1 amide bonds. The van der Waals surface area contributed by atoms with Gasteiger partial charge in [-0.05, 0) is 12.1 Å². The van der Waals surface area contributed by atoms with Gasteiger partial charge in [0.1, 0.15) is 0 Å². The van der Waals surface area contributed by atoms with E-state index in [4.69, 9.17) is 16.0 Å². The van der Waals surface area contributed by atoms with Gasteiger partial charge in [-0.2, -0.15) is 0 Å². The van der Waals surface area contributed by atoms with Gasteiger partial charge in [0, 0.05) is 74.4 Å². The molecule has 9 nitrogen and oxygen atoms in total. The maximum atomic E-state index is 12.7. The molecule has 0 N–H and O–H groups in total. The minimum absolute atomic E-state index is 0.00348. The van der Waals surface area contributed by atoms with Crippen LogP contribution in [0.2, 0.25) is 5.02 Å². The van der Waals surface area contributed by atoms with Gasteiger partial charge < -0.3 is 9.32 Å². The summed E-state index contributed by atoms with van der Waals surface area (Å²) in [5, 5.41) is 2.33. The van der Waals surface area contributed by atoms with E-state index in [2.05, 4.69) is 9.88 Å². The molecule has 1 aliphatic heterocycles. The van der Waals surface area contributed by atoms with E-state index < -0.39 is 5.76 Å². The van der Waals surface area contributed by atoms with Crippen LogP contribution in [0.5, 0.6) is 0 Å². The first-order chi connectivity index (χ1) is 15.5. The highest BCUT2D eigenvalue weighted by molar-refractivity contribution is 7.15. The Morgan fingerprint density at radius 3 is 2.78 bits per heavy atom. The molecular formula is C21H20ClN5O4S. The second-order valence-corrected chi connectivity index (χ2v) is 8.99. The van der Waals surface area contributed by atoms with Gasteiger partial charge in [0.25, 0.3) is 5.56 Å². The summed E-state index contributed by atoms with van der Waals surface area (Å²) in [5.74, 6) is -0.498. The molecule has 4 heterocycles. The molecule has 11 heteroatoms. The Morgan fingerprint density at radius 1 is 1.16 bits per heavy atom. The lowest BCUT2D eigenvalue weighted by atomic mass is 10.2. The highest BCUT2D eigenvalue weighted by atomic mass is 35.5. The summed E-state index contributed by atoms with van der Waals surface area (Å²) in [4.78, 5) is 46.2. The highest BCUT2D eigenvalue weighted by Gasteiger charge is 2.22. The predicted octanol–water partition coefficient (Wildman–Crippen LogP) is 2.05. The van der Waals surface area contributed by atoms with E-state index in [-0.39, 0.29) is 24.4 Å². The zero-order valence-electron chi connectivity index (χ0n) is 17.1. The Morgan fingerprint density at radius 2 is 1.97 bits per heavy atom. The maximum absolute atomic E-state index is 12.7. The van der Waals surface area contributed by atoms with Crippen LogP contribution in [0.15, 0.2) is 49.8 Å². The Balaban J connectivity index is 1.17. The molecular weight excluding hydrogens is 454 g/mol. The molecule has 0 radical (unpaired) electrons. The van der Waals surface area contributed by atoms with Gasteiger partial charge in [0.2, 0.25) is 5.91 Å². The van der Waals surface area contributed by atoms with Crippen LogP contribution in [-0.4, -0.2) is 55.8 Å². The third-order valence-corrected chi connectivity index (χ3v) is 6.64. The van der Waals surface area contributed by atoms with Gasteiger partial charge in [-0.1, -0.05) is 11.6 Å². The molecule has 1 fully saturated rings. The standard InChI is InChI=1S/C21H20ClN5O4S/c22-14-1-2-16-17(11-14)31-21(30)26(16)4-3-18(28)25-7-5-24(6-8-25)13-15-12-19(29)27-9-10-32-20(27)23-15/h1-2,9-12H,3-8,13H2. The Bertz CT molecular complexity index is 1410. The first-order valence-corrected chi connectivity index (χ1v) is 11.5. The van der Waals surface area contributed by atoms with Crippen molar-refractivity contribution in [3.63, 3.8) is 0 Å². The SMILES string of the molecule is O=C(CCn1c(=O)oc2cc(Cl)ccc21)N1CCN(Cc2cc(=O)n3ccsc3n2)CC1. The molecule has 0 saturated carbocycles. The van der Waals surface area contributed by atoms with Crippen LogP contribution >= 0.6 is 22.9 Å². The third-order valence-electron chi connectivity index (χ3n) is 5.65. The summed E-state index contributed by atoms with van der Waals surface area (Å²) in [6.45, 7) is 3.41. The van der Waals surface area contributed by atoms with E-state index in [1.807, 2.05) is 10.3 Å². The number of rotatable bonds is 5. The quantitative estimate of drug-likeness (QED) is 0.440. The summed E-state index contributed by atoms with van der Waals surface area (Å²) in [6, 6.07) is 6.57. The number of hydrogen-bond donors (Lipinski definition) is 0. The number of oxazole rings is 1. The van der Waals surface area contributed by atoms with Crippen molar-refractivity contribution < 1.29 is 9.21 Å². The van der Waals surface area contributed by atoms with E-state index in [9.17, 15) is 14.4 Å². The number of carbonyl (C=O) groups is 1. The van der Waals surface area contributed by atoms with Crippen LogP contribution in [0, 0.1) is 0 Å². The number of halogens is 1. The average Bonchev–Trinajstić information content (AvgIpc) is 3.36. The van der Waals surface area contributed by atoms with E-state index in [1.165, 1.54) is 20.3 Å². The fraction of sp³-hybridized carbons (Fsp3) is 0.333. The maximum Gasteiger partial charge on any atom is 0.419 e. The zero-order valence-corrected chi connectivity index (χ0v) is 18.6. The molecule has 4 aromatic rings. The smallest absolute Gasteiger partial charge is 0.408 e.